The Morgan fingerprint density at radius 2 is 1.64 bits per heavy atom. The Bertz CT molecular complexity index is 907. The summed E-state index contributed by atoms with van der Waals surface area (Å²) in [6, 6.07) is 17.7. The van der Waals surface area contributed by atoms with Gasteiger partial charge in [0.05, 0.1) is 6.07 Å². The third-order valence-corrected chi connectivity index (χ3v) is 4.96. The highest BCUT2D eigenvalue weighted by Crippen LogP contribution is 2.44. The molecule has 2 N–H and O–H groups in total. The lowest BCUT2D eigenvalue weighted by Crippen LogP contribution is -2.65. The van der Waals surface area contributed by atoms with Crippen LogP contribution in [0.3, 0.4) is 0 Å². The summed E-state index contributed by atoms with van der Waals surface area (Å²) in [6.45, 7) is -0.404. The molecule has 3 rings (SSSR count). The normalized spacial score (nSPS) is 20.2. The minimum Gasteiger partial charge on any atom is -0.341 e. The first-order chi connectivity index (χ1) is 13.4. The van der Waals surface area contributed by atoms with Gasteiger partial charge in [-0.15, -0.1) is 0 Å². The summed E-state index contributed by atoms with van der Waals surface area (Å²) in [5.74, 6) is -5.19. The first kappa shape index (κ1) is 19.5. The predicted molar refractivity (Wildman–Crippen MR) is 99.5 cm³/mol. The fourth-order valence-corrected chi connectivity index (χ4v) is 3.44. The first-order valence-corrected chi connectivity index (χ1v) is 8.91. The maximum absolute atomic E-state index is 14.5. The van der Waals surface area contributed by atoms with Crippen molar-refractivity contribution < 1.29 is 18.4 Å². The standard InChI is InChI=1S/C21H19F2N3O2/c22-21(23)12-4-11-20(21,19(28)25-14-13-24)26-18(27)17-9-7-16(8-10-17)15-5-2-1-3-6-15/h1-3,5-10H,4,11-12,14H2,(H,25,28)(H,26,27)/t20-/m0/s1. The monoisotopic (exact) mass is 383 g/mol. The van der Waals surface area contributed by atoms with Gasteiger partial charge in [-0.25, -0.2) is 8.78 Å². The van der Waals surface area contributed by atoms with Gasteiger partial charge in [0, 0.05) is 12.0 Å². The van der Waals surface area contributed by atoms with E-state index in [9.17, 15) is 18.4 Å². The Balaban J connectivity index is 1.83. The lowest BCUT2D eigenvalue weighted by Gasteiger charge is -2.34. The van der Waals surface area contributed by atoms with Crippen LogP contribution in [0.15, 0.2) is 54.6 Å². The molecule has 1 aliphatic carbocycles. The van der Waals surface area contributed by atoms with Crippen LogP contribution in [-0.4, -0.2) is 29.8 Å². The average Bonchev–Trinajstić information content (AvgIpc) is 3.01. The fourth-order valence-electron chi connectivity index (χ4n) is 3.44. The Hall–Kier alpha value is -3.27. The summed E-state index contributed by atoms with van der Waals surface area (Å²) in [7, 11) is 0. The number of nitrogens with zero attached hydrogens (tertiary/aromatic N) is 1. The largest absolute Gasteiger partial charge is 0.341 e. The molecule has 0 aromatic heterocycles. The molecule has 2 amide bonds. The average molecular weight is 383 g/mol. The van der Waals surface area contributed by atoms with Crippen LogP contribution in [0.4, 0.5) is 8.78 Å². The van der Waals surface area contributed by atoms with E-state index in [1.165, 1.54) is 12.1 Å². The molecule has 1 aliphatic rings. The molecule has 144 valence electrons. The van der Waals surface area contributed by atoms with Crippen LogP contribution < -0.4 is 10.6 Å². The molecule has 0 aliphatic heterocycles. The fraction of sp³-hybridized carbons (Fsp3) is 0.286. The van der Waals surface area contributed by atoms with E-state index in [1.807, 2.05) is 30.3 Å². The SMILES string of the molecule is N#CCNC(=O)[C@@]1(NC(=O)c2ccc(-c3ccccc3)cc2)CCCC1(F)F. The van der Waals surface area contributed by atoms with Gasteiger partial charge in [-0.05, 0) is 36.1 Å². The first-order valence-electron chi connectivity index (χ1n) is 8.91. The van der Waals surface area contributed by atoms with E-state index >= 15 is 0 Å². The summed E-state index contributed by atoms with van der Waals surface area (Å²) < 4.78 is 29.1. The van der Waals surface area contributed by atoms with Crippen LogP contribution in [0, 0.1) is 11.3 Å². The van der Waals surface area contributed by atoms with E-state index in [2.05, 4.69) is 10.6 Å². The molecule has 0 radical (unpaired) electrons. The molecule has 0 unspecified atom stereocenters. The van der Waals surface area contributed by atoms with Gasteiger partial charge in [-0.1, -0.05) is 42.5 Å². The Morgan fingerprint density at radius 1 is 1.00 bits per heavy atom. The third-order valence-electron chi connectivity index (χ3n) is 4.96. The van der Waals surface area contributed by atoms with E-state index in [0.29, 0.717) is 0 Å². The van der Waals surface area contributed by atoms with Gasteiger partial charge in [0.25, 0.3) is 17.7 Å². The lowest BCUT2D eigenvalue weighted by molar-refractivity contribution is -0.142. The summed E-state index contributed by atoms with van der Waals surface area (Å²) >= 11 is 0. The molecule has 1 atom stereocenters. The number of hydrogen-bond acceptors (Lipinski definition) is 3. The second-order valence-electron chi connectivity index (χ2n) is 6.70. The van der Waals surface area contributed by atoms with Crippen LogP contribution in [-0.2, 0) is 4.79 Å². The van der Waals surface area contributed by atoms with Crippen LogP contribution in [0.1, 0.15) is 29.6 Å². The molecule has 2 aromatic carbocycles. The molecule has 1 fully saturated rings. The smallest absolute Gasteiger partial charge is 0.279 e. The molecule has 0 heterocycles. The van der Waals surface area contributed by atoms with Crippen molar-refractivity contribution in [2.75, 3.05) is 6.54 Å². The van der Waals surface area contributed by atoms with Crippen molar-refractivity contribution in [3.8, 4) is 17.2 Å². The molecule has 7 heteroatoms. The molecule has 28 heavy (non-hydrogen) atoms. The molecular formula is C21H19F2N3O2. The minimum absolute atomic E-state index is 0.0974. The topological polar surface area (TPSA) is 82.0 Å². The maximum atomic E-state index is 14.5. The predicted octanol–water partition coefficient (Wildman–Crippen LogP) is 3.28. The number of rotatable bonds is 5. The molecule has 2 aromatic rings. The summed E-state index contributed by atoms with van der Waals surface area (Å²) in [4.78, 5) is 25.0. The van der Waals surface area contributed by atoms with Crippen LogP contribution >= 0.6 is 0 Å². The van der Waals surface area contributed by atoms with Crippen LogP contribution in [0.2, 0.25) is 0 Å². The van der Waals surface area contributed by atoms with Crippen LogP contribution in [0.25, 0.3) is 11.1 Å². The number of alkyl halides is 2. The molecular weight excluding hydrogens is 364 g/mol. The van der Waals surface area contributed by atoms with E-state index < -0.39 is 36.2 Å². The van der Waals surface area contributed by atoms with Crippen molar-refractivity contribution in [3.63, 3.8) is 0 Å². The zero-order valence-corrected chi connectivity index (χ0v) is 15.0. The number of nitriles is 1. The van der Waals surface area contributed by atoms with Gasteiger partial charge in [-0.3, -0.25) is 9.59 Å². The van der Waals surface area contributed by atoms with Gasteiger partial charge in [-0.2, -0.15) is 5.26 Å². The highest BCUT2D eigenvalue weighted by Gasteiger charge is 2.62. The van der Waals surface area contributed by atoms with Crippen molar-refractivity contribution in [2.45, 2.75) is 30.7 Å². The highest BCUT2D eigenvalue weighted by atomic mass is 19.3. The maximum Gasteiger partial charge on any atom is 0.279 e. The summed E-state index contributed by atoms with van der Waals surface area (Å²) in [5, 5.41) is 13.0. The number of halogens is 2. The Labute approximate surface area is 161 Å². The number of carbonyl (C=O) groups is 2. The molecule has 5 nitrogen and oxygen atoms in total. The van der Waals surface area contributed by atoms with Gasteiger partial charge in [0.1, 0.15) is 6.54 Å². The van der Waals surface area contributed by atoms with Gasteiger partial charge >= 0.3 is 0 Å². The van der Waals surface area contributed by atoms with Crippen molar-refractivity contribution in [3.05, 3.63) is 60.2 Å². The highest BCUT2D eigenvalue weighted by molar-refractivity contribution is 6.00. The van der Waals surface area contributed by atoms with E-state index in [0.717, 1.165) is 11.1 Å². The summed E-state index contributed by atoms with van der Waals surface area (Å²) in [5.41, 5.74) is -0.331. The molecule has 0 bridgehead atoms. The zero-order chi connectivity index (χ0) is 20.2. The van der Waals surface area contributed by atoms with E-state index in [-0.39, 0.29) is 18.4 Å². The lowest BCUT2D eigenvalue weighted by atomic mass is 9.92. The number of carbonyl (C=O) groups excluding carboxylic acids is 2. The molecule has 0 saturated heterocycles. The number of nitrogens with one attached hydrogen (secondary N) is 2. The van der Waals surface area contributed by atoms with Gasteiger partial charge in [0.2, 0.25) is 0 Å². The quantitative estimate of drug-likeness (QED) is 0.778. The number of hydrogen-bond donors (Lipinski definition) is 2. The van der Waals surface area contributed by atoms with Gasteiger partial charge in [0.15, 0.2) is 5.54 Å². The minimum atomic E-state index is -3.40. The van der Waals surface area contributed by atoms with Crippen molar-refractivity contribution in [1.82, 2.24) is 10.6 Å². The van der Waals surface area contributed by atoms with Crippen molar-refractivity contribution >= 4 is 11.8 Å². The van der Waals surface area contributed by atoms with E-state index in [4.69, 9.17) is 5.26 Å². The molecule has 1 saturated carbocycles. The zero-order valence-electron chi connectivity index (χ0n) is 15.0. The second kappa shape index (κ2) is 7.77. The third kappa shape index (κ3) is 3.58. The van der Waals surface area contributed by atoms with E-state index in [1.54, 1.807) is 18.2 Å². The number of amides is 2. The Morgan fingerprint density at radius 3 is 2.21 bits per heavy atom. The van der Waals surface area contributed by atoms with Crippen LogP contribution in [0.5, 0.6) is 0 Å². The summed E-state index contributed by atoms with van der Waals surface area (Å²) in [6.07, 6.45) is -0.592. The van der Waals surface area contributed by atoms with Crippen molar-refractivity contribution in [1.29, 1.82) is 5.26 Å². The van der Waals surface area contributed by atoms with Gasteiger partial charge < -0.3 is 10.6 Å². The second-order valence-corrected chi connectivity index (χ2v) is 6.70. The molecule has 0 spiro atoms. The van der Waals surface area contributed by atoms with Crippen molar-refractivity contribution in [2.24, 2.45) is 0 Å². The number of benzene rings is 2. The Kier molecular flexibility index (Phi) is 5.41.